The van der Waals surface area contributed by atoms with Crippen molar-refractivity contribution in [2.24, 2.45) is 0 Å². The van der Waals surface area contributed by atoms with Crippen LogP contribution in [0.3, 0.4) is 0 Å². The molecule has 104 valence electrons. The maximum atomic E-state index is 12.9. The minimum Gasteiger partial charge on any atom is -0.462 e. The highest BCUT2D eigenvalue weighted by atomic mass is 19.1. The smallest absolute Gasteiger partial charge is 0.462 e. The normalized spacial score (nSPS) is 10.4. The van der Waals surface area contributed by atoms with Gasteiger partial charge in [-0.1, -0.05) is 0 Å². The number of halogens is 1. The number of nitrogens with zero attached hydrogens (tertiary/aromatic N) is 2. The summed E-state index contributed by atoms with van der Waals surface area (Å²) in [6.07, 6.45) is 1.18. The fourth-order valence-corrected chi connectivity index (χ4v) is 1.76. The van der Waals surface area contributed by atoms with Crippen molar-refractivity contribution < 1.29 is 24.0 Å². The Morgan fingerprint density at radius 1 is 1.40 bits per heavy atom. The van der Waals surface area contributed by atoms with Crippen LogP contribution in [0.25, 0.3) is 5.69 Å². The summed E-state index contributed by atoms with van der Waals surface area (Å²) in [5.74, 6) is -1.14. The molecule has 0 saturated heterocycles. The van der Waals surface area contributed by atoms with E-state index in [1.54, 1.807) is 6.92 Å². The first-order chi connectivity index (χ1) is 9.54. The number of carbonyl (C=O) groups excluding carboxylic acids is 1. The number of carbonyl (C=O) groups is 1. The van der Waals surface area contributed by atoms with E-state index in [-0.39, 0.29) is 17.8 Å². The van der Waals surface area contributed by atoms with Gasteiger partial charge < -0.3 is 14.8 Å². The lowest BCUT2D eigenvalue weighted by atomic mass is 9.82. The lowest BCUT2D eigenvalue weighted by molar-refractivity contribution is 0.0527. The number of aromatic nitrogens is 2. The highest BCUT2D eigenvalue weighted by Crippen LogP contribution is 2.09. The Morgan fingerprint density at radius 2 is 2.05 bits per heavy atom. The Hall–Kier alpha value is -2.19. The second-order valence-electron chi connectivity index (χ2n) is 3.93. The lowest BCUT2D eigenvalue weighted by Crippen LogP contribution is -2.39. The van der Waals surface area contributed by atoms with E-state index in [9.17, 15) is 19.2 Å². The van der Waals surface area contributed by atoms with Crippen molar-refractivity contribution in [3.05, 3.63) is 41.8 Å². The average Bonchev–Trinajstić information content (AvgIpc) is 2.84. The van der Waals surface area contributed by atoms with Crippen molar-refractivity contribution in [1.82, 2.24) is 9.78 Å². The van der Waals surface area contributed by atoms with Gasteiger partial charge in [-0.15, -0.1) is 0 Å². The van der Waals surface area contributed by atoms with E-state index < -0.39 is 18.9 Å². The van der Waals surface area contributed by atoms with Crippen LogP contribution in [0.1, 0.15) is 17.3 Å². The Morgan fingerprint density at radius 3 is 2.60 bits per heavy atom. The highest BCUT2D eigenvalue weighted by Gasteiger charge is 2.28. The quantitative estimate of drug-likeness (QED) is 0.601. The molecule has 0 saturated carbocycles. The second-order valence-corrected chi connectivity index (χ2v) is 3.93. The fraction of sp³-hybridized carbons (Fsp3) is 0.167. The van der Waals surface area contributed by atoms with Crippen molar-refractivity contribution in [2.75, 3.05) is 6.61 Å². The average molecular weight is 278 g/mol. The molecule has 2 N–H and O–H groups in total. The second kappa shape index (κ2) is 5.85. The molecule has 6 nitrogen and oxygen atoms in total. The summed E-state index contributed by atoms with van der Waals surface area (Å²) in [6, 6.07) is 5.22. The minimum absolute atomic E-state index is 0.0498. The lowest BCUT2D eigenvalue weighted by Gasteiger charge is -2.08. The summed E-state index contributed by atoms with van der Waals surface area (Å²) in [6.45, 7) is 1.79. The molecule has 2 rings (SSSR count). The third-order valence-corrected chi connectivity index (χ3v) is 2.62. The van der Waals surface area contributed by atoms with E-state index in [4.69, 9.17) is 4.74 Å². The van der Waals surface area contributed by atoms with Crippen LogP contribution in [0, 0.1) is 5.82 Å². The highest BCUT2D eigenvalue weighted by molar-refractivity contribution is 6.59. The first-order valence-electron chi connectivity index (χ1n) is 5.91. The molecular weight excluding hydrogens is 266 g/mol. The number of hydrogen-bond acceptors (Lipinski definition) is 5. The van der Waals surface area contributed by atoms with E-state index in [1.807, 2.05) is 0 Å². The molecular formula is C12H12BFN2O4. The third kappa shape index (κ3) is 2.71. The van der Waals surface area contributed by atoms with Crippen LogP contribution in [0.2, 0.25) is 0 Å². The summed E-state index contributed by atoms with van der Waals surface area (Å²) in [7, 11) is -1.91. The molecule has 0 atom stereocenters. The molecule has 1 aromatic carbocycles. The standard InChI is InChI=1S/C12H12BFN2O4/c1-2-20-12(17)10-7-15-16(11(10)13(18)19)9-5-3-8(14)4-6-9/h3-7,18-19H,2H2,1H3. The molecule has 8 heteroatoms. The minimum atomic E-state index is -1.91. The zero-order valence-corrected chi connectivity index (χ0v) is 10.7. The third-order valence-electron chi connectivity index (χ3n) is 2.62. The van der Waals surface area contributed by atoms with Gasteiger partial charge in [0.05, 0.1) is 29.6 Å². The largest absolute Gasteiger partial charge is 0.509 e. The molecule has 0 bridgehead atoms. The molecule has 0 amide bonds. The SMILES string of the molecule is CCOC(=O)c1cnn(-c2ccc(F)cc2)c1B(O)O. The Labute approximate surface area is 114 Å². The Balaban J connectivity index is 2.49. The molecule has 2 aromatic rings. The van der Waals surface area contributed by atoms with Crippen molar-refractivity contribution in [2.45, 2.75) is 6.92 Å². The van der Waals surface area contributed by atoms with Crippen molar-refractivity contribution in [1.29, 1.82) is 0 Å². The van der Waals surface area contributed by atoms with Crippen molar-refractivity contribution in [3.8, 4) is 5.69 Å². The monoisotopic (exact) mass is 278 g/mol. The van der Waals surface area contributed by atoms with Crippen molar-refractivity contribution in [3.63, 3.8) is 0 Å². The van der Waals surface area contributed by atoms with Gasteiger partial charge in [0.15, 0.2) is 0 Å². The van der Waals surface area contributed by atoms with Gasteiger partial charge in [-0.05, 0) is 31.2 Å². The van der Waals surface area contributed by atoms with Gasteiger partial charge in [0, 0.05) is 0 Å². The summed E-state index contributed by atoms with van der Waals surface area (Å²) in [5.41, 5.74) is 0.214. The number of ether oxygens (including phenoxy) is 1. The summed E-state index contributed by atoms with van der Waals surface area (Å²) in [5, 5.41) is 22.8. The molecule has 20 heavy (non-hydrogen) atoms. The summed E-state index contributed by atoms with van der Waals surface area (Å²) < 4.78 is 18.9. The van der Waals surface area contributed by atoms with E-state index in [1.165, 1.54) is 30.5 Å². The first-order valence-corrected chi connectivity index (χ1v) is 5.91. The number of hydrogen-bond donors (Lipinski definition) is 2. The van der Waals surface area contributed by atoms with E-state index >= 15 is 0 Å². The van der Waals surface area contributed by atoms with Gasteiger partial charge in [0.25, 0.3) is 0 Å². The predicted octanol–water partition coefficient (Wildman–Crippen LogP) is -0.132. The molecule has 0 aliphatic heterocycles. The zero-order chi connectivity index (χ0) is 14.7. The predicted molar refractivity (Wildman–Crippen MR) is 69.3 cm³/mol. The molecule has 1 heterocycles. The topological polar surface area (TPSA) is 84.6 Å². The van der Waals surface area contributed by atoms with Crippen molar-refractivity contribution >= 4 is 18.7 Å². The summed E-state index contributed by atoms with van der Waals surface area (Å²) >= 11 is 0. The molecule has 1 aromatic heterocycles. The van der Waals surface area contributed by atoms with Crippen LogP contribution in [-0.4, -0.2) is 39.5 Å². The Kier molecular flexibility index (Phi) is 4.16. The van der Waals surface area contributed by atoms with Crippen LogP contribution in [0.5, 0.6) is 0 Å². The van der Waals surface area contributed by atoms with Crippen LogP contribution < -0.4 is 5.59 Å². The van der Waals surface area contributed by atoms with Crippen LogP contribution in [0.15, 0.2) is 30.5 Å². The first kappa shape index (κ1) is 14.2. The van der Waals surface area contributed by atoms with Gasteiger partial charge in [0.2, 0.25) is 0 Å². The molecule has 0 radical (unpaired) electrons. The fourth-order valence-electron chi connectivity index (χ4n) is 1.76. The number of rotatable bonds is 4. The molecule has 0 aliphatic rings. The molecule has 0 spiro atoms. The molecule has 0 fully saturated rings. The molecule has 0 aliphatic carbocycles. The number of esters is 1. The Bertz CT molecular complexity index is 612. The van der Waals surface area contributed by atoms with Gasteiger partial charge in [0.1, 0.15) is 5.82 Å². The summed E-state index contributed by atoms with van der Waals surface area (Å²) in [4.78, 5) is 11.7. The van der Waals surface area contributed by atoms with E-state index in [0.29, 0.717) is 5.69 Å². The number of benzene rings is 1. The maximum absolute atomic E-state index is 12.9. The van der Waals surface area contributed by atoms with Crippen LogP contribution >= 0.6 is 0 Å². The molecule has 0 unspecified atom stereocenters. The van der Waals surface area contributed by atoms with Gasteiger partial charge in [-0.25, -0.2) is 13.9 Å². The van der Waals surface area contributed by atoms with Gasteiger partial charge in [-0.3, -0.25) is 0 Å². The van der Waals surface area contributed by atoms with Gasteiger partial charge >= 0.3 is 13.1 Å². The van der Waals surface area contributed by atoms with Crippen LogP contribution in [0.4, 0.5) is 4.39 Å². The maximum Gasteiger partial charge on any atom is 0.509 e. The van der Waals surface area contributed by atoms with Gasteiger partial charge in [-0.2, -0.15) is 5.10 Å². The van der Waals surface area contributed by atoms with E-state index in [0.717, 1.165) is 4.68 Å². The van der Waals surface area contributed by atoms with E-state index in [2.05, 4.69) is 5.10 Å². The zero-order valence-electron chi connectivity index (χ0n) is 10.7. The van der Waals surface area contributed by atoms with Crippen LogP contribution in [-0.2, 0) is 4.74 Å².